The minimum absolute atomic E-state index is 0.104. The Hall–Kier alpha value is -2.79. The summed E-state index contributed by atoms with van der Waals surface area (Å²) < 4.78 is 4.73. The first-order valence-electron chi connectivity index (χ1n) is 16.1. The number of ether oxygens (including phenoxy) is 1. The lowest BCUT2D eigenvalue weighted by Crippen LogP contribution is -2.58. The van der Waals surface area contributed by atoms with Gasteiger partial charge in [-0.05, 0) is 74.2 Å². The normalized spacial score (nSPS) is 26.7. The van der Waals surface area contributed by atoms with Crippen LogP contribution in [0.1, 0.15) is 33.6 Å². The van der Waals surface area contributed by atoms with Crippen LogP contribution in [0.3, 0.4) is 0 Å². The Kier molecular flexibility index (Phi) is 11.2. The average Bonchev–Trinajstić information content (AvgIpc) is 3.65. The molecule has 5 rings (SSSR count). The number of thioether (sulfide) groups is 1. The maximum atomic E-state index is 15.0. The summed E-state index contributed by atoms with van der Waals surface area (Å²) in [6, 6.07) is 12.8. The van der Waals surface area contributed by atoms with Gasteiger partial charge in [0.2, 0.25) is 11.8 Å². The molecule has 3 unspecified atom stereocenters. The van der Waals surface area contributed by atoms with E-state index in [2.05, 4.69) is 29.1 Å². The van der Waals surface area contributed by atoms with Gasteiger partial charge in [0.1, 0.15) is 11.8 Å². The highest BCUT2D eigenvalue weighted by atomic mass is 79.9. The highest BCUT2D eigenvalue weighted by molar-refractivity contribution is 9.09. The third kappa shape index (κ3) is 6.51. The van der Waals surface area contributed by atoms with Crippen LogP contribution in [0.25, 0.3) is 0 Å². The number of hydrogen-bond acceptors (Lipinski definition) is 6. The fourth-order valence-electron chi connectivity index (χ4n) is 7.58. The van der Waals surface area contributed by atoms with Crippen LogP contribution in [0.2, 0.25) is 5.02 Å². The Morgan fingerprint density at radius 2 is 1.66 bits per heavy atom. The van der Waals surface area contributed by atoms with Crippen LogP contribution >= 0.6 is 39.3 Å². The van der Waals surface area contributed by atoms with E-state index in [1.807, 2.05) is 45.0 Å². The topological polar surface area (TPSA) is 90.4 Å². The Morgan fingerprint density at radius 1 is 1.09 bits per heavy atom. The Labute approximate surface area is 295 Å². The number of rotatable bonds is 14. The van der Waals surface area contributed by atoms with Crippen molar-refractivity contribution in [2.75, 3.05) is 36.1 Å². The van der Waals surface area contributed by atoms with Crippen molar-refractivity contribution in [3.05, 3.63) is 78.9 Å². The molecule has 0 aromatic heterocycles. The van der Waals surface area contributed by atoms with Crippen LogP contribution in [0.5, 0.6) is 5.75 Å². The SMILES string of the molecule is C=CCN(C(=O)C1N([C@@H](CO)CC(C)C)C(=O)[C@@H]2[C@H](C(=O)N(CC=C)c3ccc(OCC)cc3)[C@H]3SC12CC3Br)c1ccc(Cl)cc1. The Morgan fingerprint density at radius 3 is 2.19 bits per heavy atom. The van der Waals surface area contributed by atoms with E-state index in [1.165, 1.54) is 0 Å². The van der Waals surface area contributed by atoms with Crippen LogP contribution in [0.15, 0.2) is 73.8 Å². The molecule has 0 saturated carbocycles. The number of aliphatic hydroxyl groups is 1. The zero-order valence-corrected chi connectivity index (χ0v) is 30.2. The number of alkyl halides is 1. The minimum Gasteiger partial charge on any atom is -0.494 e. The van der Waals surface area contributed by atoms with E-state index < -0.39 is 28.7 Å². The second-order valence-electron chi connectivity index (χ2n) is 12.8. The molecule has 11 heteroatoms. The molecular weight excluding hydrogens is 702 g/mol. The monoisotopic (exact) mass is 743 g/mol. The van der Waals surface area contributed by atoms with Gasteiger partial charge in [-0.1, -0.05) is 53.5 Å². The highest BCUT2D eigenvalue weighted by Gasteiger charge is 2.76. The number of amides is 3. The number of nitrogens with zero attached hydrogens (tertiary/aromatic N) is 3. The lowest BCUT2D eigenvalue weighted by atomic mass is 9.70. The van der Waals surface area contributed by atoms with Gasteiger partial charge in [0.15, 0.2) is 0 Å². The van der Waals surface area contributed by atoms with Crippen molar-refractivity contribution in [3.63, 3.8) is 0 Å². The number of fused-ring (bicyclic) bond motifs is 1. The van der Waals surface area contributed by atoms with Gasteiger partial charge in [-0.2, -0.15) is 0 Å². The van der Waals surface area contributed by atoms with Crippen LogP contribution < -0.4 is 14.5 Å². The Bertz CT molecular complexity index is 1490. The lowest BCUT2D eigenvalue weighted by molar-refractivity contribution is -0.142. The van der Waals surface area contributed by atoms with E-state index >= 15 is 0 Å². The summed E-state index contributed by atoms with van der Waals surface area (Å²) in [4.78, 5) is 49.4. The number of benzene rings is 2. The molecule has 1 spiro atoms. The molecule has 0 aliphatic carbocycles. The quantitative estimate of drug-likeness (QED) is 0.179. The molecule has 3 amide bonds. The van der Waals surface area contributed by atoms with Gasteiger partial charge in [0.05, 0.1) is 35.8 Å². The van der Waals surface area contributed by atoms with E-state index in [1.54, 1.807) is 62.9 Å². The van der Waals surface area contributed by atoms with Crippen molar-refractivity contribution < 1.29 is 24.2 Å². The molecule has 1 N–H and O–H groups in total. The van der Waals surface area contributed by atoms with Gasteiger partial charge >= 0.3 is 0 Å². The summed E-state index contributed by atoms with van der Waals surface area (Å²) in [7, 11) is 0. The molecule has 7 atom stereocenters. The molecule has 0 radical (unpaired) electrons. The number of carbonyl (C=O) groups excluding carboxylic acids is 3. The lowest BCUT2D eigenvalue weighted by Gasteiger charge is -2.40. The van der Waals surface area contributed by atoms with Crippen LogP contribution in [0.4, 0.5) is 11.4 Å². The van der Waals surface area contributed by atoms with Crippen molar-refractivity contribution >= 4 is 68.4 Å². The van der Waals surface area contributed by atoms with E-state index in [9.17, 15) is 19.5 Å². The first-order chi connectivity index (χ1) is 22.5. The van der Waals surface area contributed by atoms with Gasteiger partial charge in [-0.25, -0.2) is 0 Å². The zero-order valence-electron chi connectivity index (χ0n) is 27.1. The molecular formula is C36H43BrClN3O5S. The number of halogens is 2. The molecule has 3 aliphatic heterocycles. The summed E-state index contributed by atoms with van der Waals surface area (Å²) in [5, 5.41) is 11.0. The van der Waals surface area contributed by atoms with Gasteiger partial charge in [0.25, 0.3) is 5.91 Å². The molecule has 2 aromatic rings. The third-order valence-corrected chi connectivity index (χ3v) is 12.8. The van der Waals surface area contributed by atoms with E-state index in [4.69, 9.17) is 16.3 Å². The van der Waals surface area contributed by atoms with E-state index in [0.717, 1.165) is 0 Å². The molecule has 3 saturated heterocycles. The molecule has 3 aliphatic rings. The van der Waals surface area contributed by atoms with Gasteiger partial charge in [0, 0.05) is 39.6 Å². The molecule has 47 heavy (non-hydrogen) atoms. The number of aliphatic hydroxyl groups excluding tert-OH is 1. The third-order valence-electron chi connectivity index (χ3n) is 9.35. The minimum atomic E-state index is -0.905. The van der Waals surface area contributed by atoms with Crippen molar-refractivity contribution in [1.82, 2.24) is 4.90 Å². The summed E-state index contributed by atoms with van der Waals surface area (Å²) in [5.74, 6) is -1.29. The van der Waals surface area contributed by atoms with Gasteiger partial charge in [-0.15, -0.1) is 24.9 Å². The molecule has 2 aromatic carbocycles. The number of carbonyl (C=O) groups is 3. The van der Waals surface area contributed by atoms with E-state index in [0.29, 0.717) is 41.6 Å². The van der Waals surface area contributed by atoms with Crippen LogP contribution in [-0.4, -0.2) is 80.9 Å². The maximum absolute atomic E-state index is 15.0. The molecule has 8 nitrogen and oxygen atoms in total. The van der Waals surface area contributed by atoms with Crippen molar-refractivity contribution in [2.24, 2.45) is 17.8 Å². The van der Waals surface area contributed by atoms with Crippen LogP contribution in [0, 0.1) is 17.8 Å². The number of likely N-dealkylation sites (tertiary alicyclic amines) is 1. The fraction of sp³-hybridized carbons (Fsp3) is 0.472. The van der Waals surface area contributed by atoms with Crippen molar-refractivity contribution in [1.29, 1.82) is 0 Å². The zero-order chi connectivity index (χ0) is 34.0. The molecule has 2 bridgehead atoms. The molecule has 3 heterocycles. The standard InChI is InChI=1S/C36H43BrClN3O5S/c1-6-17-39(25-13-15-27(16-14-25)46-8-3)33(43)29-30-34(44)41(26(21-42)19-22(4)5)32(36(30)20-28(37)31(29)47-36)35(45)40(18-7-2)24-11-9-23(38)10-12-24/h6-7,9-16,22,26,28-32,42H,1-2,8,17-21H2,3-5H3/t26-,28?,29+,30+,31+,32?,36?/m1/s1. The van der Waals surface area contributed by atoms with Gasteiger partial charge in [-0.3, -0.25) is 14.4 Å². The highest BCUT2D eigenvalue weighted by Crippen LogP contribution is 2.68. The first-order valence-corrected chi connectivity index (χ1v) is 18.3. The second kappa shape index (κ2) is 14.8. The van der Waals surface area contributed by atoms with Gasteiger partial charge < -0.3 is 24.5 Å². The summed E-state index contributed by atoms with van der Waals surface area (Å²) in [6.45, 7) is 14.5. The second-order valence-corrected chi connectivity index (χ2v) is 15.9. The maximum Gasteiger partial charge on any atom is 0.251 e. The van der Waals surface area contributed by atoms with Crippen LogP contribution in [-0.2, 0) is 14.4 Å². The largest absolute Gasteiger partial charge is 0.494 e. The number of anilines is 2. The predicted molar refractivity (Wildman–Crippen MR) is 194 cm³/mol. The average molecular weight is 745 g/mol. The summed E-state index contributed by atoms with van der Waals surface area (Å²) in [5.41, 5.74) is 1.30. The smallest absolute Gasteiger partial charge is 0.251 e. The number of hydrogen-bond donors (Lipinski definition) is 1. The molecule has 252 valence electrons. The molecule has 3 fully saturated rings. The summed E-state index contributed by atoms with van der Waals surface area (Å²) >= 11 is 11.6. The van der Waals surface area contributed by atoms with E-state index in [-0.39, 0.29) is 53.4 Å². The summed E-state index contributed by atoms with van der Waals surface area (Å²) in [6.07, 6.45) is 4.37. The first kappa shape index (κ1) is 35.5. The fourth-order valence-corrected chi connectivity index (χ4v) is 11.3. The van der Waals surface area contributed by atoms with Crippen molar-refractivity contribution in [2.45, 2.75) is 60.5 Å². The predicted octanol–water partition coefficient (Wildman–Crippen LogP) is 6.35. The Balaban J connectivity index is 1.60. The van der Waals surface area contributed by atoms with Crippen molar-refractivity contribution in [3.8, 4) is 5.75 Å².